The molecule has 0 unspecified atom stereocenters. The van der Waals surface area contributed by atoms with Crippen LogP contribution in [0, 0.1) is 23.6 Å². The SMILES string of the molecule is CN(CC(=O)N[C@H]1CCC[C@@H](C#Cc2cnc(Nc3ccc(F)cc3)nc2NC2CC2)C1)C(=O)OC(C)(C)C. The minimum atomic E-state index is -0.615. The molecule has 4 rings (SSSR count). The third-order valence-electron chi connectivity index (χ3n) is 6.34. The summed E-state index contributed by atoms with van der Waals surface area (Å²) in [5.74, 6) is 7.32. The zero-order valence-electron chi connectivity index (χ0n) is 23.0. The van der Waals surface area contributed by atoms with Crippen molar-refractivity contribution in [3.05, 3.63) is 41.8 Å². The predicted molar refractivity (Wildman–Crippen MR) is 148 cm³/mol. The molecular weight excluding hydrogens is 499 g/mol. The molecule has 1 heterocycles. The standard InChI is InChI=1S/C29H37FN6O3/c1-29(2,3)39-28(38)36(4)18-25(37)32-24-7-5-6-19(16-24)8-9-20-17-31-27(35-26(20)33-22-14-15-22)34-23-12-10-21(30)11-13-23/h10-13,17,19,22,24H,5-7,14-16,18H2,1-4H3,(H,32,37)(H2,31,33,34,35)/t19-,24-/m0/s1. The van der Waals surface area contributed by atoms with Gasteiger partial charge in [-0.15, -0.1) is 0 Å². The Morgan fingerprint density at radius 1 is 1.13 bits per heavy atom. The van der Waals surface area contributed by atoms with Crippen LogP contribution in [0.4, 0.5) is 26.6 Å². The van der Waals surface area contributed by atoms with E-state index < -0.39 is 11.7 Å². The van der Waals surface area contributed by atoms with Crippen LogP contribution < -0.4 is 16.0 Å². The summed E-state index contributed by atoms with van der Waals surface area (Å²) in [5.41, 5.74) is 0.798. The molecule has 0 radical (unpaired) electrons. The molecule has 10 heteroatoms. The lowest BCUT2D eigenvalue weighted by atomic mass is 9.86. The van der Waals surface area contributed by atoms with Crippen molar-refractivity contribution in [2.24, 2.45) is 5.92 Å². The molecule has 39 heavy (non-hydrogen) atoms. The van der Waals surface area contributed by atoms with E-state index >= 15 is 0 Å². The zero-order chi connectivity index (χ0) is 28.0. The topological polar surface area (TPSA) is 108 Å². The normalized spacial score (nSPS) is 18.8. The van der Waals surface area contributed by atoms with Crippen LogP contribution in [0.25, 0.3) is 0 Å². The van der Waals surface area contributed by atoms with Gasteiger partial charge in [-0.05, 0) is 77.1 Å². The summed E-state index contributed by atoms with van der Waals surface area (Å²) >= 11 is 0. The molecule has 0 spiro atoms. The summed E-state index contributed by atoms with van der Waals surface area (Å²) in [7, 11) is 1.55. The molecule has 0 aliphatic heterocycles. The quantitative estimate of drug-likeness (QED) is 0.435. The maximum Gasteiger partial charge on any atom is 0.410 e. The second-order valence-electron chi connectivity index (χ2n) is 11.2. The number of carbonyl (C=O) groups excluding carboxylic acids is 2. The van der Waals surface area contributed by atoms with Crippen LogP contribution in [-0.2, 0) is 9.53 Å². The molecule has 2 aliphatic rings. The molecule has 2 saturated carbocycles. The Hall–Kier alpha value is -3.87. The van der Waals surface area contributed by atoms with Crippen LogP contribution in [0.15, 0.2) is 30.5 Å². The average molecular weight is 537 g/mol. The molecule has 2 aliphatic carbocycles. The lowest BCUT2D eigenvalue weighted by Crippen LogP contribution is -2.45. The van der Waals surface area contributed by atoms with Crippen molar-refractivity contribution in [3.63, 3.8) is 0 Å². The fourth-order valence-electron chi connectivity index (χ4n) is 4.25. The fourth-order valence-corrected chi connectivity index (χ4v) is 4.25. The summed E-state index contributed by atoms with van der Waals surface area (Å²) < 4.78 is 18.5. The molecule has 208 valence electrons. The van der Waals surface area contributed by atoms with Crippen LogP contribution in [0.1, 0.15) is 64.9 Å². The number of ether oxygens (including phenoxy) is 1. The van der Waals surface area contributed by atoms with Crippen LogP contribution >= 0.6 is 0 Å². The summed E-state index contributed by atoms with van der Waals surface area (Å²) in [6, 6.07) is 6.41. The van der Waals surface area contributed by atoms with Crippen LogP contribution in [0.2, 0.25) is 0 Å². The van der Waals surface area contributed by atoms with Crippen LogP contribution in [-0.4, -0.2) is 58.1 Å². The number of anilines is 3. The Kier molecular flexibility index (Phi) is 8.90. The Bertz CT molecular complexity index is 1230. The number of amides is 2. The van der Waals surface area contributed by atoms with Crippen LogP contribution in [0.5, 0.6) is 0 Å². The second kappa shape index (κ2) is 12.3. The smallest absolute Gasteiger partial charge is 0.410 e. The van der Waals surface area contributed by atoms with E-state index in [9.17, 15) is 14.0 Å². The number of aromatic nitrogens is 2. The third kappa shape index (κ3) is 9.13. The number of halogens is 1. The summed E-state index contributed by atoms with van der Waals surface area (Å²) in [6.45, 7) is 5.31. The van der Waals surface area contributed by atoms with Gasteiger partial charge in [0.05, 0.1) is 11.8 Å². The van der Waals surface area contributed by atoms with Gasteiger partial charge < -0.3 is 25.6 Å². The number of hydrogen-bond donors (Lipinski definition) is 3. The van der Waals surface area contributed by atoms with E-state index in [0.29, 0.717) is 23.5 Å². The molecule has 0 saturated heterocycles. The summed E-state index contributed by atoms with van der Waals surface area (Å²) in [6.07, 6.45) is 6.87. The van der Waals surface area contributed by atoms with E-state index in [-0.39, 0.29) is 30.2 Å². The lowest BCUT2D eigenvalue weighted by molar-refractivity contribution is -0.123. The first-order valence-corrected chi connectivity index (χ1v) is 13.5. The van der Waals surface area contributed by atoms with Gasteiger partial charge in [0.25, 0.3) is 0 Å². The molecule has 2 atom stereocenters. The Morgan fingerprint density at radius 2 is 1.87 bits per heavy atom. The Morgan fingerprint density at radius 3 is 2.56 bits per heavy atom. The van der Waals surface area contributed by atoms with Crippen molar-refractivity contribution in [1.82, 2.24) is 20.2 Å². The number of likely N-dealkylation sites (N-methyl/N-ethyl adjacent to an activating group) is 1. The van der Waals surface area contributed by atoms with Gasteiger partial charge >= 0.3 is 6.09 Å². The maximum absolute atomic E-state index is 13.2. The highest BCUT2D eigenvalue weighted by Gasteiger charge is 2.26. The van der Waals surface area contributed by atoms with Gasteiger partial charge in [0.2, 0.25) is 11.9 Å². The highest BCUT2D eigenvalue weighted by molar-refractivity contribution is 5.82. The van der Waals surface area contributed by atoms with E-state index in [1.54, 1.807) is 46.1 Å². The summed E-state index contributed by atoms with van der Waals surface area (Å²) in [4.78, 5) is 35.0. The number of nitrogens with zero attached hydrogens (tertiary/aromatic N) is 3. The number of hydrogen-bond acceptors (Lipinski definition) is 7. The first-order valence-electron chi connectivity index (χ1n) is 13.5. The largest absolute Gasteiger partial charge is 0.444 e. The third-order valence-corrected chi connectivity index (χ3v) is 6.34. The van der Waals surface area contributed by atoms with Crippen LogP contribution in [0.3, 0.4) is 0 Å². The van der Waals surface area contributed by atoms with E-state index in [0.717, 1.165) is 44.1 Å². The highest BCUT2D eigenvalue weighted by atomic mass is 19.1. The Balaban J connectivity index is 1.35. The number of carbonyl (C=O) groups is 2. The van der Waals surface area contributed by atoms with Gasteiger partial charge in [0.1, 0.15) is 23.8 Å². The zero-order valence-corrected chi connectivity index (χ0v) is 23.0. The van der Waals surface area contributed by atoms with Crippen molar-refractivity contribution in [2.45, 2.75) is 77.0 Å². The van der Waals surface area contributed by atoms with Crippen molar-refractivity contribution in [2.75, 3.05) is 24.2 Å². The number of benzene rings is 1. The van der Waals surface area contributed by atoms with Gasteiger partial charge in [-0.25, -0.2) is 14.2 Å². The molecule has 1 aromatic carbocycles. The average Bonchev–Trinajstić information content (AvgIpc) is 3.68. The fraction of sp³-hybridized carbons (Fsp3) is 0.517. The van der Waals surface area contributed by atoms with Crippen molar-refractivity contribution in [1.29, 1.82) is 0 Å². The molecule has 2 aromatic rings. The first kappa shape index (κ1) is 28.1. The van der Waals surface area contributed by atoms with Gasteiger partial charge in [0.15, 0.2) is 0 Å². The van der Waals surface area contributed by atoms with Gasteiger partial charge in [-0.1, -0.05) is 18.3 Å². The maximum atomic E-state index is 13.2. The molecule has 2 fully saturated rings. The molecule has 3 N–H and O–H groups in total. The monoisotopic (exact) mass is 536 g/mol. The van der Waals surface area contributed by atoms with E-state index in [1.807, 2.05) is 0 Å². The number of rotatable bonds is 7. The van der Waals surface area contributed by atoms with Crippen molar-refractivity contribution < 1.29 is 18.7 Å². The Labute approximate surface area is 229 Å². The minimum absolute atomic E-state index is 0.000168. The summed E-state index contributed by atoms with van der Waals surface area (Å²) in [5, 5.41) is 9.58. The molecule has 2 amide bonds. The second-order valence-corrected chi connectivity index (χ2v) is 11.2. The van der Waals surface area contributed by atoms with Crippen molar-refractivity contribution >= 4 is 29.5 Å². The van der Waals surface area contributed by atoms with Gasteiger partial charge in [0, 0.05) is 30.7 Å². The van der Waals surface area contributed by atoms with Gasteiger partial charge in [-0.3, -0.25) is 4.79 Å². The predicted octanol–water partition coefficient (Wildman–Crippen LogP) is 4.83. The number of nitrogens with one attached hydrogen (secondary N) is 3. The lowest BCUT2D eigenvalue weighted by Gasteiger charge is -2.28. The van der Waals surface area contributed by atoms with E-state index in [2.05, 4.69) is 37.8 Å². The minimum Gasteiger partial charge on any atom is -0.444 e. The molecule has 9 nitrogen and oxygen atoms in total. The van der Waals surface area contributed by atoms with E-state index in [4.69, 9.17) is 4.74 Å². The highest BCUT2D eigenvalue weighted by Crippen LogP contribution is 2.27. The van der Waals surface area contributed by atoms with Crippen molar-refractivity contribution in [3.8, 4) is 11.8 Å². The molecular formula is C29H37FN6O3. The van der Waals surface area contributed by atoms with Gasteiger partial charge in [-0.2, -0.15) is 4.98 Å². The molecule has 0 bridgehead atoms. The van der Waals surface area contributed by atoms with E-state index in [1.165, 1.54) is 17.0 Å². The first-order chi connectivity index (χ1) is 18.5. The molecule has 1 aromatic heterocycles.